The van der Waals surface area contributed by atoms with Crippen LogP contribution < -0.4 is 27.3 Å². The fraction of sp³-hybridized carbons (Fsp3) is 0.235. The zero-order chi connectivity index (χ0) is 21.3. The van der Waals surface area contributed by atoms with E-state index in [9.17, 15) is 14.4 Å². The third-order valence-electron chi connectivity index (χ3n) is 4.24. The van der Waals surface area contributed by atoms with Crippen molar-refractivity contribution >= 4 is 29.0 Å². The van der Waals surface area contributed by atoms with E-state index in [1.165, 1.54) is 18.2 Å². The number of benzene rings is 1. The molecule has 1 aromatic carbocycles. The Morgan fingerprint density at radius 2 is 1.83 bits per heavy atom. The van der Waals surface area contributed by atoms with Gasteiger partial charge in [-0.05, 0) is 24.5 Å². The van der Waals surface area contributed by atoms with Gasteiger partial charge in [-0.25, -0.2) is 9.89 Å². The molecule has 0 saturated heterocycles. The van der Waals surface area contributed by atoms with Crippen LogP contribution in [0.1, 0.15) is 31.7 Å². The molecule has 0 spiro atoms. The average Bonchev–Trinajstić information content (AvgIpc) is 2.68. The number of anilines is 1. The Morgan fingerprint density at radius 3 is 2.45 bits per heavy atom. The molecule has 0 aliphatic rings. The van der Waals surface area contributed by atoms with Gasteiger partial charge in [0, 0.05) is 11.6 Å². The number of nitrogens with two attached hydrogens (primary N) is 1. The van der Waals surface area contributed by atoms with Crippen LogP contribution in [0.25, 0.3) is 5.69 Å². The Kier molecular flexibility index (Phi) is 5.76. The maximum absolute atomic E-state index is 12.0. The highest BCUT2D eigenvalue weighted by Gasteiger charge is 2.17. The normalized spacial score (nSPS) is 12.0. The number of rotatable bonds is 5. The van der Waals surface area contributed by atoms with Crippen LogP contribution in [0.3, 0.4) is 0 Å². The molecule has 152 valence electrons. The van der Waals surface area contributed by atoms with Gasteiger partial charge in [0.15, 0.2) is 5.75 Å². The molecular weight excluding hydrogens is 423 g/mol. The fourth-order valence-corrected chi connectivity index (χ4v) is 3.05. The zero-order valence-corrected chi connectivity index (χ0v) is 16.8. The number of hydrogen-bond acceptors (Lipinski definition) is 7. The number of H-pyrrole nitrogens is 2. The second-order valence-electron chi connectivity index (χ2n) is 6.20. The van der Waals surface area contributed by atoms with Crippen molar-refractivity contribution in [1.29, 1.82) is 0 Å². The lowest BCUT2D eigenvalue weighted by molar-refractivity contribution is 0.452. The Labute approximate surface area is 173 Å². The number of nitrogens with one attached hydrogen (secondary N) is 2. The maximum Gasteiger partial charge on any atom is 0.349 e. The minimum atomic E-state index is -0.814. The molecule has 0 aliphatic heterocycles. The summed E-state index contributed by atoms with van der Waals surface area (Å²) in [6, 6.07) is 4.23. The van der Waals surface area contributed by atoms with Crippen LogP contribution in [0, 0.1) is 0 Å². The number of aromatic nitrogens is 5. The first-order valence-electron chi connectivity index (χ1n) is 8.47. The van der Waals surface area contributed by atoms with E-state index in [4.69, 9.17) is 33.7 Å². The topological polar surface area (TPSA) is 149 Å². The van der Waals surface area contributed by atoms with E-state index in [0.29, 0.717) is 5.56 Å². The molecule has 0 fully saturated rings. The van der Waals surface area contributed by atoms with Crippen LogP contribution in [0.5, 0.6) is 11.6 Å². The van der Waals surface area contributed by atoms with Gasteiger partial charge in [0.05, 0.1) is 15.7 Å². The van der Waals surface area contributed by atoms with Crippen molar-refractivity contribution in [1.82, 2.24) is 25.0 Å². The van der Waals surface area contributed by atoms with Crippen LogP contribution >= 0.6 is 23.2 Å². The molecule has 0 aliphatic carbocycles. The summed E-state index contributed by atoms with van der Waals surface area (Å²) in [5, 5.41) is 10.0. The van der Waals surface area contributed by atoms with Crippen molar-refractivity contribution in [2.75, 3.05) is 5.73 Å². The third kappa shape index (κ3) is 4.17. The summed E-state index contributed by atoms with van der Waals surface area (Å²) < 4.78 is 6.50. The van der Waals surface area contributed by atoms with Crippen LogP contribution in [-0.2, 0) is 0 Å². The second kappa shape index (κ2) is 8.10. The highest BCUT2D eigenvalue weighted by atomic mass is 35.5. The SMILES string of the molecule is CC[C@@H](C)c1cc(Oc2c(Cl)cc(-n3nc(N)c(=O)[nH]c3=O)cc2Cl)n[nH]c1=O. The van der Waals surface area contributed by atoms with Crippen LogP contribution in [0.4, 0.5) is 5.82 Å². The molecule has 4 N–H and O–H groups in total. The lowest BCUT2D eigenvalue weighted by Crippen LogP contribution is -2.33. The summed E-state index contributed by atoms with van der Waals surface area (Å²) >= 11 is 12.5. The highest BCUT2D eigenvalue weighted by molar-refractivity contribution is 6.37. The molecule has 0 bridgehead atoms. The van der Waals surface area contributed by atoms with Crippen LogP contribution in [0.15, 0.2) is 32.6 Å². The molecule has 29 heavy (non-hydrogen) atoms. The first kappa shape index (κ1) is 20.6. The Morgan fingerprint density at radius 1 is 1.17 bits per heavy atom. The van der Waals surface area contributed by atoms with Gasteiger partial charge in [-0.2, -0.15) is 4.68 Å². The van der Waals surface area contributed by atoms with E-state index >= 15 is 0 Å². The van der Waals surface area contributed by atoms with Crippen molar-refractivity contribution in [2.45, 2.75) is 26.2 Å². The smallest absolute Gasteiger partial charge is 0.349 e. The minimum absolute atomic E-state index is 0.000986. The molecule has 0 radical (unpaired) electrons. The molecule has 1 atom stereocenters. The van der Waals surface area contributed by atoms with Crippen molar-refractivity contribution in [3.63, 3.8) is 0 Å². The maximum atomic E-state index is 12.0. The summed E-state index contributed by atoms with van der Waals surface area (Å²) in [5.41, 5.74) is 4.21. The predicted molar refractivity (Wildman–Crippen MR) is 109 cm³/mol. The molecule has 2 heterocycles. The van der Waals surface area contributed by atoms with Crippen molar-refractivity contribution in [3.8, 4) is 17.3 Å². The summed E-state index contributed by atoms with van der Waals surface area (Å²) in [6.07, 6.45) is 0.757. The number of ether oxygens (including phenoxy) is 1. The quantitative estimate of drug-likeness (QED) is 0.552. The minimum Gasteiger partial charge on any atom is -0.434 e. The number of halogens is 2. The third-order valence-corrected chi connectivity index (χ3v) is 4.80. The summed E-state index contributed by atoms with van der Waals surface area (Å²) in [5.74, 6) is -0.231. The molecule has 12 heteroatoms. The summed E-state index contributed by atoms with van der Waals surface area (Å²) in [4.78, 5) is 37.3. The first-order chi connectivity index (χ1) is 13.7. The molecule has 3 aromatic rings. The lowest BCUT2D eigenvalue weighted by Gasteiger charge is -2.13. The zero-order valence-electron chi connectivity index (χ0n) is 15.3. The monoisotopic (exact) mass is 438 g/mol. The Hall–Kier alpha value is -3.11. The number of aromatic amines is 2. The van der Waals surface area contributed by atoms with E-state index in [2.05, 4.69) is 15.3 Å². The van der Waals surface area contributed by atoms with Gasteiger partial charge in [-0.3, -0.25) is 14.6 Å². The van der Waals surface area contributed by atoms with Crippen molar-refractivity contribution in [2.24, 2.45) is 0 Å². The van der Waals surface area contributed by atoms with Gasteiger partial charge in [-0.15, -0.1) is 10.2 Å². The lowest BCUT2D eigenvalue weighted by atomic mass is 10.0. The molecule has 0 unspecified atom stereocenters. The predicted octanol–water partition coefficient (Wildman–Crippen LogP) is 2.20. The fourth-order valence-electron chi connectivity index (χ4n) is 2.50. The van der Waals surface area contributed by atoms with Crippen molar-refractivity contribution < 1.29 is 4.74 Å². The van der Waals surface area contributed by atoms with Gasteiger partial charge < -0.3 is 10.5 Å². The number of nitrogen functional groups attached to an aromatic ring is 1. The van der Waals surface area contributed by atoms with Gasteiger partial charge in [-0.1, -0.05) is 37.0 Å². The van der Waals surface area contributed by atoms with E-state index in [1.54, 1.807) is 0 Å². The van der Waals surface area contributed by atoms with Gasteiger partial charge in [0.1, 0.15) is 0 Å². The molecule has 10 nitrogen and oxygen atoms in total. The van der Waals surface area contributed by atoms with Gasteiger partial charge >= 0.3 is 5.69 Å². The standard InChI is InChI=1S/C17H16Cl2N6O4/c1-3-7(2)9-6-12(22-23-15(9)26)29-13-10(18)4-8(5-11(13)19)25-17(28)21-16(27)14(20)24-25/h4-7H,3H2,1-2H3,(H2,20,24)(H,23,26)(H,21,27,28)/t7-/m1/s1. The molecule has 0 saturated carbocycles. The Bertz CT molecular complexity index is 1230. The molecule has 3 rings (SSSR count). The van der Waals surface area contributed by atoms with E-state index < -0.39 is 17.1 Å². The van der Waals surface area contributed by atoms with E-state index in [0.717, 1.165) is 11.1 Å². The summed E-state index contributed by atoms with van der Waals surface area (Å²) in [7, 11) is 0. The second-order valence-corrected chi connectivity index (χ2v) is 7.01. The summed E-state index contributed by atoms with van der Waals surface area (Å²) in [6.45, 7) is 3.86. The largest absolute Gasteiger partial charge is 0.434 e. The van der Waals surface area contributed by atoms with Crippen LogP contribution in [0.2, 0.25) is 10.0 Å². The van der Waals surface area contributed by atoms with Gasteiger partial charge in [0.25, 0.3) is 11.1 Å². The van der Waals surface area contributed by atoms with Crippen LogP contribution in [-0.4, -0.2) is 25.0 Å². The van der Waals surface area contributed by atoms with E-state index in [1.807, 2.05) is 18.8 Å². The number of hydrogen-bond donors (Lipinski definition) is 3. The molecule has 0 amide bonds. The average molecular weight is 439 g/mol. The molecular formula is C17H16Cl2N6O4. The van der Waals surface area contributed by atoms with E-state index in [-0.39, 0.29) is 38.8 Å². The first-order valence-corrected chi connectivity index (χ1v) is 9.22. The van der Waals surface area contributed by atoms with Gasteiger partial charge in [0.2, 0.25) is 11.7 Å². The van der Waals surface area contributed by atoms with Crippen molar-refractivity contribution in [3.05, 3.63) is 65.0 Å². The number of nitrogens with zero attached hydrogens (tertiary/aromatic N) is 3. The highest BCUT2D eigenvalue weighted by Crippen LogP contribution is 2.37. The molecule has 2 aromatic heterocycles. The Balaban J connectivity index is 2.02.